The first kappa shape index (κ1) is 11.7. The third kappa shape index (κ3) is 5.12. The lowest BCUT2D eigenvalue weighted by Gasteiger charge is -2.04. The van der Waals surface area contributed by atoms with Crippen molar-refractivity contribution < 1.29 is 4.79 Å². The van der Waals surface area contributed by atoms with Crippen LogP contribution in [0.5, 0.6) is 0 Å². The molecule has 0 spiro atoms. The van der Waals surface area contributed by atoms with Gasteiger partial charge in [0.2, 0.25) is 5.91 Å². The number of rotatable bonds is 6. The molecule has 1 amide bonds. The van der Waals surface area contributed by atoms with Gasteiger partial charge in [-0.3, -0.25) is 9.78 Å². The van der Waals surface area contributed by atoms with E-state index in [9.17, 15) is 4.79 Å². The zero-order chi connectivity index (χ0) is 10.9. The number of hydrogen-bond donors (Lipinski definition) is 2. The summed E-state index contributed by atoms with van der Waals surface area (Å²) < 4.78 is 0. The van der Waals surface area contributed by atoms with Crippen molar-refractivity contribution >= 4 is 5.91 Å². The number of hydrogen-bond acceptors (Lipinski definition) is 3. The molecule has 1 heterocycles. The van der Waals surface area contributed by atoms with Crippen LogP contribution in [0.2, 0.25) is 0 Å². The van der Waals surface area contributed by atoms with Crippen molar-refractivity contribution in [2.24, 2.45) is 0 Å². The number of pyridine rings is 1. The van der Waals surface area contributed by atoms with E-state index in [1.807, 2.05) is 25.2 Å². The van der Waals surface area contributed by atoms with Crippen molar-refractivity contribution in [3.63, 3.8) is 0 Å². The maximum absolute atomic E-state index is 11.3. The Labute approximate surface area is 90.1 Å². The first-order valence-corrected chi connectivity index (χ1v) is 5.14. The van der Waals surface area contributed by atoms with Gasteiger partial charge >= 0.3 is 0 Å². The van der Waals surface area contributed by atoms with Crippen molar-refractivity contribution in [3.8, 4) is 0 Å². The largest absolute Gasteiger partial charge is 0.350 e. The van der Waals surface area contributed by atoms with E-state index in [0.717, 1.165) is 18.7 Å². The Balaban J connectivity index is 2.17. The van der Waals surface area contributed by atoms with Crippen LogP contribution in [-0.4, -0.2) is 24.5 Å². The lowest BCUT2D eigenvalue weighted by Crippen LogP contribution is -2.24. The van der Waals surface area contributed by atoms with Crippen LogP contribution >= 0.6 is 0 Å². The Morgan fingerprint density at radius 1 is 1.47 bits per heavy atom. The van der Waals surface area contributed by atoms with Gasteiger partial charge in [0.05, 0.1) is 12.2 Å². The predicted molar refractivity (Wildman–Crippen MR) is 59.2 cm³/mol. The van der Waals surface area contributed by atoms with Gasteiger partial charge in [0, 0.05) is 12.6 Å². The highest BCUT2D eigenvalue weighted by Crippen LogP contribution is 1.93. The van der Waals surface area contributed by atoms with Gasteiger partial charge in [-0.15, -0.1) is 0 Å². The van der Waals surface area contributed by atoms with Gasteiger partial charge in [0.1, 0.15) is 0 Å². The van der Waals surface area contributed by atoms with Gasteiger partial charge in [-0.1, -0.05) is 6.07 Å². The van der Waals surface area contributed by atoms with Crippen molar-refractivity contribution in [3.05, 3.63) is 30.1 Å². The van der Waals surface area contributed by atoms with Gasteiger partial charge in [-0.05, 0) is 32.1 Å². The Hall–Kier alpha value is -1.42. The molecule has 1 rings (SSSR count). The molecule has 15 heavy (non-hydrogen) atoms. The number of carbonyl (C=O) groups is 1. The van der Waals surface area contributed by atoms with Crippen molar-refractivity contribution in [2.45, 2.75) is 19.4 Å². The fourth-order valence-electron chi connectivity index (χ4n) is 1.21. The summed E-state index contributed by atoms with van der Waals surface area (Å²) in [6.45, 7) is 1.39. The van der Waals surface area contributed by atoms with Crippen LogP contribution in [0.15, 0.2) is 24.4 Å². The number of amides is 1. The second-order valence-electron chi connectivity index (χ2n) is 3.30. The van der Waals surface area contributed by atoms with E-state index in [4.69, 9.17) is 0 Å². The molecule has 0 aliphatic rings. The van der Waals surface area contributed by atoms with Crippen molar-refractivity contribution in [1.82, 2.24) is 15.6 Å². The monoisotopic (exact) mass is 207 g/mol. The standard InChI is InChI=1S/C11H17N3O/c1-12-7-4-6-11(15)14-9-10-5-2-3-8-13-10/h2-3,5,8,12H,4,6-7,9H2,1H3,(H,14,15). The van der Waals surface area contributed by atoms with Crippen LogP contribution in [0, 0.1) is 0 Å². The average Bonchev–Trinajstić information content (AvgIpc) is 2.28. The van der Waals surface area contributed by atoms with E-state index in [0.29, 0.717) is 13.0 Å². The number of aromatic nitrogens is 1. The summed E-state index contributed by atoms with van der Waals surface area (Å²) in [5, 5.41) is 5.83. The summed E-state index contributed by atoms with van der Waals surface area (Å²) in [4.78, 5) is 15.4. The Bertz CT molecular complexity index is 287. The molecule has 0 aliphatic carbocycles. The fraction of sp³-hybridized carbons (Fsp3) is 0.455. The lowest BCUT2D eigenvalue weighted by molar-refractivity contribution is -0.121. The molecule has 82 valence electrons. The molecule has 0 radical (unpaired) electrons. The summed E-state index contributed by atoms with van der Waals surface area (Å²) in [7, 11) is 1.88. The van der Waals surface area contributed by atoms with Gasteiger partial charge in [0.15, 0.2) is 0 Å². The number of nitrogens with zero attached hydrogens (tertiary/aromatic N) is 1. The summed E-state index contributed by atoms with van der Waals surface area (Å²) in [5.74, 6) is 0.0795. The molecule has 0 aliphatic heterocycles. The maximum atomic E-state index is 11.3. The molecular formula is C11H17N3O. The molecule has 4 nitrogen and oxygen atoms in total. The van der Waals surface area contributed by atoms with Crippen LogP contribution in [0.4, 0.5) is 0 Å². The molecule has 0 bridgehead atoms. The molecule has 0 saturated carbocycles. The fourth-order valence-corrected chi connectivity index (χ4v) is 1.21. The average molecular weight is 207 g/mol. The number of nitrogens with one attached hydrogen (secondary N) is 2. The molecule has 1 aromatic heterocycles. The summed E-state index contributed by atoms with van der Waals surface area (Å²) in [6, 6.07) is 5.67. The highest BCUT2D eigenvalue weighted by molar-refractivity contribution is 5.75. The first-order chi connectivity index (χ1) is 7.33. The minimum Gasteiger partial charge on any atom is -0.350 e. The van der Waals surface area contributed by atoms with Crippen LogP contribution in [0.1, 0.15) is 18.5 Å². The van der Waals surface area contributed by atoms with Crippen LogP contribution in [0.3, 0.4) is 0 Å². The Morgan fingerprint density at radius 3 is 3.00 bits per heavy atom. The van der Waals surface area contributed by atoms with E-state index in [2.05, 4.69) is 15.6 Å². The van der Waals surface area contributed by atoms with E-state index in [1.165, 1.54) is 0 Å². The minimum atomic E-state index is 0.0795. The molecule has 0 unspecified atom stereocenters. The molecule has 0 atom stereocenters. The quantitative estimate of drug-likeness (QED) is 0.675. The SMILES string of the molecule is CNCCCC(=O)NCc1ccccn1. The van der Waals surface area contributed by atoms with Gasteiger partial charge in [-0.2, -0.15) is 0 Å². The lowest BCUT2D eigenvalue weighted by atomic mass is 10.3. The highest BCUT2D eigenvalue weighted by Gasteiger charge is 2.00. The molecule has 0 saturated heterocycles. The Kier molecular flexibility index (Phi) is 5.40. The van der Waals surface area contributed by atoms with E-state index in [1.54, 1.807) is 6.20 Å². The molecular weight excluding hydrogens is 190 g/mol. The zero-order valence-corrected chi connectivity index (χ0v) is 8.99. The smallest absolute Gasteiger partial charge is 0.220 e. The van der Waals surface area contributed by atoms with Crippen LogP contribution in [-0.2, 0) is 11.3 Å². The predicted octanol–water partition coefficient (Wildman–Crippen LogP) is 0.697. The van der Waals surface area contributed by atoms with Crippen molar-refractivity contribution in [1.29, 1.82) is 0 Å². The van der Waals surface area contributed by atoms with Crippen molar-refractivity contribution in [2.75, 3.05) is 13.6 Å². The molecule has 4 heteroatoms. The second-order valence-corrected chi connectivity index (χ2v) is 3.30. The molecule has 0 fully saturated rings. The van der Waals surface area contributed by atoms with E-state index >= 15 is 0 Å². The van der Waals surface area contributed by atoms with E-state index < -0.39 is 0 Å². The zero-order valence-electron chi connectivity index (χ0n) is 8.99. The summed E-state index contributed by atoms with van der Waals surface area (Å²) >= 11 is 0. The summed E-state index contributed by atoms with van der Waals surface area (Å²) in [6.07, 6.45) is 3.15. The van der Waals surface area contributed by atoms with E-state index in [-0.39, 0.29) is 5.91 Å². The maximum Gasteiger partial charge on any atom is 0.220 e. The summed E-state index contributed by atoms with van der Waals surface area (Å²) in [5.41, 5.74) is 0.888. The van der Waals surface area contributed by atoms with Crippen LogP contribution in [0.25, 0.3) is 0 Å². The second kappa shape index (κ2) is 6.95. The normalized spacial score (nSPS) is 9.93. The Morgan fingerprint density at radius 2 is 2.33 bits per heavy atom. The van der Waals surface area contributed by atoms with Gasteiger partial charge in [0.25, 0.3) is 0 Å². The molecule has 2 N–H and O–H groups in total. The third-order valence-electron chi connectivity index (χ3n) is 2.02. The van der Waals surface area contributed by atoms with Gasteiger partial charge < -0.3 is 10.6 Å². The minimum absolute atomic E-state index is 0.0795. The van der Waals surface area contributed by atoms with Crippen LogP contribution < -0.4 is 10.6 Å². The number of carbonyl (C=O) groups excluding carboxylic acids is 1. The molecule has 1 aromatic rings. The third-order valence-corrected chi connectivity index (χ3v) is 2.02. The first-order valence-electron chi connectivity index (χ1n) is 5.14. The van der Waals surface area contributed by atoms with Gasteiger partial charge in [-0.25, -0.2) is 0 Å². The topological polar surface area (TPSA) is 54.0 Å². The molecule has 0 aromatic carbocycles. The highest BCUT2D eigenvalue weighted by atomic mass is 16.1.